The van der Waals surface area contributed by atoms with Crippen LogP contribution in [0.25, 0.3) is 16.0 Å². The molecule has 2 aromatic carbocycles. The van der Waals surface area contributed by atoms with Gasteiger partial charge in [-0.25, -0.2) is 4.98 Å². The van der Waals surface area contributed by atoms with Crippen molar-refractivity contribution < 1.29 is 19.4 Å². The maximum Gasteiger partial charge on any atom is 0.301 e. The predicted molar refractivity (Wildman–Crippen MR) is 131 cm³/mol. The number of ether oxygens (including phenoxy) is 1. The van der Waals surface area contributed by atoms with Crippen LogP contribution in [0.15, 0.2) is 66.5 Å². The van der Waals surface area contributed by atoms with Gasteiger partial charge in [0.15, 0.2) is 5.13 Å². The minimum Gasteiger partial charge on any atom is -0.507 e. The van der Waals surface area contributed by atoms with Gasteiger partial charge in [0.2, 0.25) is 0 Å². The second-order valence-corrected chi connectivity index (χ2v) is 9.07. The molecule has 0 aliphatic carbocycles. The average molecular weight is 472 g/mol. The van der Waals surface area contributed by atoms with Crippen LogP contribution in [0.4, 0.5) is 5.13 Å². The standard InChI is InChI=1S/C26H21N3O4S/c1-14-12-19(33-3)15(2)11-17(14)23(30)21-22(16-7-6-10-27-13-16)29(25(32)24(21)31)26-28-18-8-4-5-9-20(18)34-26/h4-13,22,30H,1-3H3/b23-21+. The first-order valence-electron chi connectivity index (χ1n) is 10.6. The molecule has 0 radical (unpaired) electrons. The smallest absolute Gasteiger partial charge is 0.301 e. The van der Waals surface area contributed by atoms with Gasteiger partial charge in [0.1, 0.15) is 11.5 Å². The molecule has 1 atom stereocenters. The van der Waals surface area contributed by atoms with Crippen molar-refractivity contribution in [3.8, 4) is 5.75 Å². The highest BCUT2D eigenvalue weighted by molar-refractivity contribution is 7.22. The Hall–Kier alpha value is -4.04. The molecule has 1 saturated heterocycles. The lowest BCUT2D eigenvalue weighted by molar-refractivity contribution is -0.132. The Labute approximate surface area is 200 Å². The van der Waals surface area contributed by atoms with Gasteiger partial charge in [0.25, 0.3) is 5.78 Å². The number of pyridine rings is 1. The number of ketones is 1. The number of carbonyl (C=O) groups is 2. The number of thiazole rings is 1. The molecule has 1 aliphatic heterocycles. The third kappa shape index (κ3) is 3.43. The summed E-state index contributed by atoms with van der Waals surface area (Å²) in [4.78, 5) is 36.8. The van der Waals surface area contributed by atoms with Gasteiger partial charge in [-0.3, -0.25) is 19.5 Å². The number of fused-ring (bicyclic) bond motifs is 1. The molecule has 1 aliphatic rings. The SMILES string of the molecule is COc1cc(C)c(/C(O)=C2\C(=O)C(=O)N(c3nc4ccccc4s3)C2c2cccnc2)cc1C. The van der Waals surface area contributed by atoms with Crippen molar-refractivity contribution in [2.24, 2.45) is 0 Å². The van der Waals surface area contributed by atoms with Crippen LogP contribution in [0.5, 0.6) is 5.75 Å². The van der Waals surface area contributed by atoms with Gasteiger partial charge in [-0.2, -0.15) is 0 Å². The molecule has 2 aromatic heterocycles. The highest BCUT2D eigenvalue weighted by Crippen LogP contribution is 2.44. The summed E-state index contributed by atoms with van der Waals surface area (Å²) in [6.45, 7) is 3.67. The number of aliphatic hydroxyl groups excluding tert-OH is 1. The van der Waals surface area contributed by atoms with Crippen molar-refractivity contribution >= 4 is 44.1 Å². The Balaban J connectivity index is 1.74. The molecule has 1 amide bonds. The number of hydrogen-bond acceptors (Lipinski definition) is 7. The molecule has 8 heteroatoms. The van der Waals surface area contributed by atoms with Crippen LogP contribution in [0.3, 0.4) is 0 Å². The van der Waals surface area contributed by atoms with Gasteiger partial charge < -0.3 is 9.84 Å². The Morgan fingerprint density at radius 2 is 1.88 bits per heavy atom. The number of hydrogen-bond donors (Lipinski definition) is 1. The normalized spacial score (nSPS) is 17.5. The summed E-state index contributed by atoms with van der Waals surface area (Å²) in [5.74, 6) is -1.07. The number of para-hydroxylation sites is 1. The number of amides is 1. The van der Waals surface area contributed by atoms with E-state index in [1.54, 1.807) is 43.8 Å². The quantitative estimate of drug-likeness (QED) is 0.257. The molecule has 0 spiro atoms. The van der Waals surface area contributed by atoms with Crippen LogP contribution >= 0.6 is 11.3 Å². The molecular formula is C26H21N3O4S. The van der Waals surface area contributed by atoms with E-state index < -0.39 is 17.7 Å². The third-order valence-electron chi connectivity index (χ3n) is 5.93. The number of anilines is 1. The molecule has 1 fully saturated rings. The maximum atomic E-state index is 13.3. The zero-order valence-electron chi connectivity index (χ0n) is 18.8. The minimum atomic E-state index is -0.865. The number of Topliss-reactive ketones (excluding diaryl/α,β-unsaturated/α-hetero) is 1. The van der Waals surface area contributed by atoms with Crippen molar-refractivity contribution in [2.45, 2.75) is 19.9 Å². The number of aromatic nitrogens is 2. The Morgan fingerprint density at radius 1 is 1.09 bits per heavy atom. The van der Waals surface area contributed by atoms with E-state index in [1.165, 1.54) is 16.2 Å². The number of carbonyl (C=O) groups excluding carboxylic acids is 2. The number of nitrogens with zero attached hydrogens (tertiary/aromatic N) is 3. The van der Waals surface area contributed by atoms with E-state index in [1.807, 2.05) is 38.1 Å². The van der Waals surface area contributed by atoms with Gasteiger partial charge in [-0.1, -0.05) is 29.5 Å². The summed E-state index contributed by atoms with van der Waals surface area (Å²) >= 11 is 1.32. The molecule has 1 unspecified atom stereocenters. The number of aryl methyl sites for hydroxylation is 2. The fraction of sp³-hybridized carbons (Fsp3) is 0.154. The fourth-order valence-electron chi connectivity index (χ4n) is 4.26. The number of benzene rings is 2. The summed E-state index contributed by atoms with van der Waals surface area (Å²) < 4.78 is 6.27. The first-order chi connectivity index (χ1) is 16.4. The first-order valence-corrected chi connectivity index (χ1v) is 11.4. The highest BCUT2D eigenvalue weighted by atomic mass is 32.1. The van der Waals surface area contributed by atoms with E-state index in [4.69, 9.17) is 4.74 Å². The van der Waals surface area contributed by atoms with Crippen molar-refractivity contribution in [1.29, 1.82) is 0 Å². The fourth-order valence-corrected chi connectivity index (χ4v) is 5.25. The van der Waals surface area contributed by atoms with E-state index >= 15 is 0 Å². The van der Waals surface area contributed by atoms with Crippen LogP contribution in [0, 0.1) is 13.8 Å². The van der Waals surface area contributed by atoms with E-state index in [0.717, 1.165) is 21.3 Å². The summed E-state index contributed by atoms with van der Waals surface area (Å²) in [6, 6.07) is 13.7. The monoisotopic (exact) mass is 471 g/mol. The molecule has 5 rings (SSSR count). The zero-order chi connectivity index (χ0) is 24.0. The molecule has 0 bridgehead atoms. The number of methoxy groups -OCH3 is 1. The third-order valence-corrected chi connectivity index (χ3v) is 6.97. The Morgan fingerprint density at radius 3 is 2.59 bits per heavy atom. The van der Waals surface area contributed by atoms with Crippen molar-refractivity contribution in [1.82, 2.24) is 9.97 Å². The molecule has 170 valence electrons. The average Bonchev–Trinajstić information content (AvgIpc) is 3.39. The van der Waals surface area contributed by atoms with Gasteiger partial charge in [-0.05, 0) is 60.9 Å². The topological polar surface area (TPSA) is 92.6 Å². The zero-order valence-corrected chi connectivity index (χ0v) is 19.6. The molecule has 7 nitrogen and oxygen atoms in total. The molecular weight excluding hydrogens is 450 g/mol. The van der Waals surface area contributed by atoms with Crippen LogP contribution in [-0.2, 0) is 9.59 Å². The van der Waals surface area contributed by atoms with E-state index in [2.05, 4.69) is 9.97 Å². The second kappa shape index (κ2) is 8.39. The summed E-state index contributed by atoms with van der Waals surface area (Å²) in [7, 11) is 1.58. The van der Waals surface area contributed by atoms with Crippen LogP contribution in [0.2, 0.25) is 0 Å². The largest absolute Gasteiger partial charge is 0.507 e. The molecule has 0 saturated carbocycles. The summed E-state index contributed by atoms with van der Waals surface area (Å²) in [5, 5.41) is 11.8. The Bertz CT molecular complexity index is 1440. The van der Waals surface area contributed by atoms with Gasteiger partial charge in [-0.15, -0.1) is 0 Å². The van der Waals surface area contributed by atoms with Gasteiger partial charge in [0, 0.05) is 18.0 Å². The van der Waals surface area contributed by atoms with Gasteiger partial charge >= 0.3 is 5.91 Å². The lowest BCUT2D eigenvalue weighted by atomic mass is 9.94. The lowest BCUT2D eigenvalue weighted by Crippen LogP contribution is -2.29. The van der Waals surface area contributed by atoms with Crippen molar-refractivity contribution in [3.05, 3.63) is 88.8 Å². The number of aliphatic hydroxyl groups is 1. The Kier molecular flexibility index (Phi) is 5.37. The summed E-state index contributed by atoms with van der Waals surface area (Å²) in [5.41, 5.74) is 3.32. The van der Waals surface area contributed by atoms with Crippen LogP contribution < -0.4 is 9.64 Å². The van der Waals surface area contributed by atoms with E-state index in [9.17, 15) is 14.7 Å². The van der Waals surface area contributed by atoms with Crippen molar-refractivity contribution in [3.63, 3.8) is 0 Å². The highest BCUT2D eigenvalue weighted by Gasteiger charge is 2.48. The van der Waals surface area contributed by atoms with Crippen LogP contribution in [0.1, 0.15) is 28.3 Å². The predicted octanol–water partition coefficient (Wildman–Crippen LogP) is 4.94. The molecule has 1 N–H and O–H groups in total. The maximum absolute atomic E-state index is 13.3. The lowest BCUT2D eigenvalue weighted by Gasteiger charge is -2.23. The molecule has 34 heavy (non-hydrogen) atoms. The summed E-state index contributed by atoms with van der Waals surface area (Å²) in [6.07, 6.45) is 3.21. The molecule has 4 aromatic rings. The second-order valence-electron chi connectivity index (χ2n) is 8.06. The van der Waals surface area contributed by atoms with Crippen molar-refractivity contribution in [2.75, 3.05) is 12.0 Å². The molecule has 3 heterocycles. The minimum absolute atomic E-state index is 0.00456. The van der Waals surface area contributed by atoms with E-state index in [0.29, 0.717) is 22.0 Å². The van der Waals surface area contributed by atoms with E-state index in [-0.39, 0.29) is 11.3 Å². The van der Waals surface area contributed by atoms with Crippen LogP contribution in [-0.4, -0.2) is 33.9 Å². The first kappa shape index (κ1) is 21.8. The van der Waals surface area contributed by atoms with Gasteiger partial charge in [0.05, 0.1) is 28.9 Å². The number of rotatable bonds is 4.